The molecular weight excluding hydrogens is 226 g/mol. The molecule has 1 atom stereocenters. The number of esters is 1. The quantitative estimate of drug-likeness (QED) is 0.805. The van der Waals surface area contributed by atoms with Crippen molar-refractivity contribution in [1.29, 1.82) is 0 Å². The second-order valence-electron chi connectivity index (χ2n) is 3.64. The van der Waals surface area contributed by atoms with Crippen molar-refractivity contribution in [2.24, 2.45) is 0 Å². The molecule has 0 saturated carbocycles. The Morgan fingerprint density at radius 1 is 1.50 bits per heavy atom. The number of carbonyl (C=O) groups excluding carboxylic acids is 1. The lowest BCUT2D eigenvalue weighted by Gasteiger charge is -2.13. The zero-order valence-corrected chi connectivity index (χ0v) is 10.3. The second-order valence-corrected chi connectivity index (χ2v) is 4.05. The highest BCUT2D eigenvalue weighted by atomic mass is 35.5. The Morgan fingerprint density at radius 2 is 2.19 bits per heavy atom. The lowest BCUT2D eigenvalue weighted by molar-refractivity contribution is -0.145. The van der Waals surface area contributed by atoms with Gasteiger partial charge < -0.3 is 10.1 Å². The lowest BCUT2D eigenvalue weighted by Crippen LogP contribution is -2.27. The Bertz CT molecular complexity index is 355. The van der Waals surface area contributed by atoms with Gasteiger partial charge in [-0.1, -0.05) is 29.8 Å². The van der Waals surface area contributed by atoms with Crippen LogP contribution in [0.25, 0.3) is 0 Å². The van der Waals surface area contributed by atoms with Gasteiger partial charge in [0.2, 0.25) is 0 Å². The maximum atomic E-state index is 10.7. The van der Waals surface area contributed by atoms with Crippen LogP contribution in [0.15, 0.2) is 24.3 Å². The van der Waals surface area contributed by atoms with Crippen LogP contribution in [-0.2, 0) is 16.1 Å². The highest BCUT2D eigenvalue weighted by Gasteiger charge is 2.05. The summed E-state index contributed by atoms with van der Waals surface area (Å²) in [6.07, 6.45) is -0.125. The Hall–Kier alpha value is -1.06. The summed E-state index contributed by atoms with van der Waals surface area (Å²) in [6.45, 7) is 4.54. The number of nitrogens with one attached hydrogen (secondary N) is 1. The normalized spacial score (nSPS) is 12.2. The van der Waals surface area contributed by atoms with Crippen molar-refractivity contribution >= 4 is 17.6 Å². The van der Waals surface area contributed by atoms with Gasteiger partial charge in [-0.05, 0) is 18.6 Å². The molecule has 0 aliphatic carbocycles. The summed E-state index contributed by atoms with van der Waals surface area (Å²) in [4.78, 5) is 10.7. The third-order valence-electron chi connectivity index (χ3n) is 2.07. The molecule has 4 heteroatoms. The van der Waals surface area contributed by atoms with E-state index in [9.17, 15) is 4.79 Å². The largest absolute Gasteiger partial charge is 0.462 e. The van der Waals surface area contributed by atoms with Crippen LogP contribution in [0.5, 0.6) is 0 Å². The second kappa shape index (κ2) is 6.51. The van der Waals surface area contributed by atoms with Gasteiger partial charge in [-0.2, -0.15) is 0 Å². The van der Waals surface area contributed by atoms with Crippen LogP contribution in [0.2, 0.25) is 5.02 Å². The molecule has 0 spiro atoms. The molecule has 1 aromatic rings. The lowest BCUT2D eigenvalue weighted by atomic mass is 10.2. The fraction of sp³-hybridized carbons (Fsp3) is 0.417. The van der Waals surface area contributed by atoms with E-state index < -0.39 is 0 Å². The Balaban J connectivity index is 2.30. The summed E-state index contributed by atoms with van der Waals surface area (Å²) < 4.78 is 4.98. The van der Waals surface area contributed by atoms with Gasteiger partial charge in [-0.15, -0.1) is 0 Å². The zero-order chi connectivity index (χ0) is 12.0. The minimum absolute atomic E-state index is 0.125. The van der Waals surface area contributed by atoms with E-state index >= 15 is 0 Å². The first-order valence-electron chi connectivity index (χ1n) is 5.21. The van der Waals surface area contributed by atoms with Crippen molar-refractivity contribution in [1.82, 2.24) is 5.32 Å². The van der Waals surface area contributed by atoms with Gasteiger partial charge in [0.25, 0.3) is 0 Å². The molecule has 0 aliphatic rings. The maximum Gasteiger partial charge on any atom is 0.302 e. The number of benzene rings is 1. The summed E-state index contributed by atoms with van der Waals surface area (Å²) in [5.41, 5.74) is 1.04. The molecule has 1 N–H and O–H groups in total. The predicted molar refractivity (Wildman–Crippen MR) is 64.4 cm³/mol. The van der Waals surface area contributed by atoms with Crippen LogP contribution in [-0.4, -0.2) is 18.6 Å². The van der Waals surface area contributed by atoms with Crippen molar-refractivity contribution < 1.29 is 9.53 Å². The van der Waals surface area contributed by atoms with Gasteiger partial charge in [0.15, 0.2) is 0 Å². The average Bonchev–Trinajstić information content (AvgIpc) is 2.19. The van der Waals surface area contributed by atoms with Gasteiger partial charge in [0.1, 0.15) is 6.10 Å². The van der Waals surface area contributed by atoms with Crippen LogP contribution in [0.4, 0.5) is 0 Å². The molecular formula is C12H16ClNO2. The van der Waals surface area contributed by atoms with Gasteiger partial charge in [0, 0.05) is 25.0 Å². The van der Waals surface area contributed by atoms with E-state index in [0.717, 1.165) is 10.6 Å². The van der Waals surface area contributed by atoms with E-state index in [4.69, 9.17) is 16.3 Å². The fourth-order valence-corrected chi connectivity index (χ4v) is 1.58. The number of rotatable bonds is 5. The molecule has 0 aromatic heterocycles. The zero-order valence-electron chi connectivity index (χ0n) is 9.50. The summed E-state index contributed by atoms with van der Waals surface area (Å²) in [6, 6.07) is 7.66. The number of halogens is 1. The van der Waals surface area contributed by atoms with Gasteiger partial charge >= 0.3 is 5.97 Å². The molecule has 0 fully saturated rings. The monoisotopic (exact) mass is 241 g/mol. The molecule has 0 heterocycles. The third kappa shape index (κ3) is 4.64. The average molecular weight is 242 g/mol. The van der Waals surface area contributed by atoms with E-state index in [2.05, 4.69) is 5.32 Å². The van der Waals surface area contributed by atoms with E-state index in [-0.39, 0.29) is 12.1 Å². The van der Waals surface area contributed by atoms with E-state index in [0.29, 0.717) is 13.1 Å². The molecule has 1 unspecified atom stereocenters. The molecule has 0 saturated heterocycles. The van der Waals surface area contributed by atoms with Crippen molar-refractivity contribution in [2.75, 3.05) is 6.54 Å². The molecule has 0 aliphatic heterocycles. The highest BCUT2D eigenvalue weighted by molar-refractivity contribution is 6.31. The van der Waals surface area contributed by atoms with E-state index in [1.165, 1.54) is 6.92 Å². The van der Waals surface area contributed by atoms with Crippen molar-refractivity contribution in [3.8, 4) is 0 Å². The van der Waals surface area contributed by atoms with Gasteiger partial charge in [-0.3, -0.25) is 4.79 Å². The van der Waals surface area contributed by atoms with Gasteiger partial charge in [-0.25, -0.2) is 0 Å². The predicted octanol–water partition coefficient (Wildman–Crippen LogP) is 2.38. The molecule has 0 amide bonds. The molecule has 0 radical (unpaired) electrons. The summed E-state index contributed by atoms with van der Waals surface area (Å²) >= 11 is 6.00. The number of ether oxygens (including phenoxy) is 1. The van der Waals surface area contributed by atoms with Gasteiger partial charge in [0.05, 0.1) is 0 Å². The van der Waals surface area contributed by atoms with Crippen molar-refractivity contribution in [3.63, 3.8) is 0 Å². The molecule has 88 valence electrons. The van der Waals surface area contributed by atoms with Crippen LogP contribution < -0.4 is 5.32 Å². The molecule has 3 nitrogen and oxygen atoms in total. The Kier molecular flexibility index (Phi) is 5.29. The Morgan fingerprint density at radius 3 is 2.81 bits per heavy atom. The number of hydrogen-bond donors (Lipinski definition) is 1. The number of hydrogen-bond acceptors (Lipinski definition) is 3. The van der Waals surface area contributed by atoms with Crippen LogP contribution in [0.1, 0.15) is 19.4 Å². The Labute approximate surface area is 101 Å². The standard InChI is InChI=1S/C12H16ClNO2/c1-9(16-10(2)15)7-14-8-11-5-3-4-6-12(11)13/h3-6,9,14H,7-8H2,1-2H3. The van der Waals surface area contributed by atoms with Crippen LogP contribution in [0.3, 0.4) is 0 Å². The van der Waals surface area contributed by atoms with Crippen molar-refractivity contribution in [2.45, 2.75) is 26.5 Å². The SMILES string of the molecule is CC(=O)OC(C)CNCc1ccccc1Cl. The first-order valence-corrected chi connectivity index (χ1v) is 5.58. The summed E-state index contributed by atoms with van der Waals surface area (Å²) in [5.74, 6) is -0.257. The minimum Gasteiger partial charge on any atom is -0.462 e. The highest BCUT2D eigenvalue weighted by Crippen LogP contribution is 2.14. The molecule has 0 bridgehead atoms. The van der Waals surface area contributed by atoms with E-state index in [1.807, 2.05) is 31.2 Å². The third-order valence-corrected chi connectivity index (χ3v) is 2.44. The fourth-order valence-electron chi connectivity index (χ4n) is 1.38. The first kappa shape index (κ1) is 13.0. The molecule has 1 rings (SSSR count). The smallest absolute Gasteiger partial charge is 0.302 e. The topological polar surface area (TPSA) is 38.3 Å². The maximum absolute atomic E-state index is 10.7. The van der Waals surface area contributed by atoms with Crippen LogP contribution >= 0.6 is 11.6 Å². The number of carbonyl (C=O) groups is 1. The van der Waals surface area contributed by atoms with E-state index in [1.54, 1.807) is 0 Å². The minimum atomic E-state index is -0.257. The molecule has 1 aromatic carbocycles. The van der Waals surface area contributed by atoms with Crippen LogP contribution in [0, 0.1) is 0 Å². The first-order chi connectivity index (χ1) is 7.59. The van der Waals surface area contributed by atoms with Crippen molar-refractivity contribution in [3.05, 3.63) is 34.9 Å². The summed E-state index contributed by atoms with van der Waals surface area (Å²) in [5, 5.41) is 3.93. The summed E-state index contributed by atoms with van der Waals surface area (Å²) in [7, 11) is 0. The molecule has 16 heavy (non-hydrogen) atoms.